The highest BCUT2D eigenvalue weighted by atomic mass is 32.2. The van der Waals surface area contributed by atoms with Crippen LogP contribution in [0.25, 0.3) is 0 Å². The lowest BCUT2D eigenvalue weighted by atomic mass is 9.97. The minimum atomic E-state index is -7.09. The molecule has 1 aromatic carbocycles. The van der Waals surface area contributed by atoms with Gasteiger partial charge in [-0.25, -0.2) is 4.74 Å². The van der Waals surface area contributed by atoms with Crippen LogP contribution in [0.3, 0.4) is 0 Å². The van der Waals surface area contributed by atoms with Gasteiger partial charge in [-0.2, -0.15) is 43.5 Å². The number of nitrogens with one attached hydrogen (secondary N) is 1. The molecule has 2 fully saturated rings. The third-order valence-electron chi connectivity index (χ3n) is 6.65. The Kier molecular flexibility index (Phi) is 12.4. The van der Waals surface area contributed by atoms with Gasteiger partial charge in [0, 0.05) is 39.2 Å². The lowest BCUT2D eigenvalue weighted by molar-refractivity contribution is -0.456. The summed E-state index contributed by atoms with van der Waals surface area (Å²) in [6, 6.07) is 8.09. The van der Waals surface area contributed by atoms with Gasteiger partial charge in [-0.1, -0.05) is 30.3 Å². The molecule has 2 aliphatic heterocycles. The van der Waals surface area contributed by atoms with Crippen molar-refractivity contribution in [3.05, 3.63) is 35.9 Å². The van der Waals surface area contributed by atoms with Crippen LogP contribution in [0.4, 0.5) is 35.1 Å². The first-order valence-electron chi connectivity index (χ1n) is 13.4. The molecule has 2 heterocycles. The molecule has 2 aliphatic rings. The number of hydrogen-bond donors (Lipinski definition) is 1. The van der Waals surface area contributed by atoms with Crippen LogP contribution >= 0.6 is 0 Å². The zero-order valence-electron chi connectivity index (χ0n) is 24.3. The Morgan fingerprint density at radius 2 is 1.65 bits per heavy atom. The van der Waals surface area contributed by atoms with E-state index >= 15 is 0 Å². The van der Waals surface area contributed by atoms with Crippen LogP contribution in [-0.4, -0.2) is 103 Å². The number of benzene rings is 1. The summed E-state index contributed by atoms with van der Waals surface area (Å²) in [6.45, 7) is 0.662. The molecular weight excluding hydrogens is 674 g/mol. The number of halogens is 8. The Bertz CT molecular complexity index is 1260. The molecule has 0 aliphatic carbocycles. The Balaban J connectivity index is 1.90. The van der Waals surface area contributed by atoms with Crippen molar-refractivity contribution in [3.8, 4) is 0 Å². The van der Waals surface area contributed by atoms with Crippen LogP contribution in [0.2, 0.25) is 0 Å². The van der Waals surface area contributed by atoms with Gasteiger partial charge in [0.25, 0.3) is 0 Å². The van der Waals surface area contributed by atoms with Gasteiger partial charge >= 0.3 is 33.5 Å². The number of amides is 1. The number of carbonyl (C=O) groups excluding carboxylic acids is 1. The van der Waals surface area contributed by atoms with Crippen LogP contribution in [0.1, 0.15) is 31.6 Å². The lowest BCUT2D eigenvalue weighted by Gasteiger charge is -2.48. The van der Waals surface area contributed by atoms with Crippen molar-refractivity contribution in [2.45, 2.75) is 80.2 Å². The third kappa shape index (κ3) is 8.24. The van der Waals surface area contributed by atoms with E-state index in [1.54, 1.807) is 35.6 Å². The summed E-state index contributed by atoms with van der Waals surface area (Å²) in [6.07, 6.45) is -26.6. The first kappa shape index (κ1) is 38.2. The van der Waals surface area contributed by atoms with Crippen molar-refractivity contribution in [3.63, 3.8) is 0 Å². The predicted octanol–water partition coefficient (Wildman–Crippen LogP) is 3.52. The Hall–Kier alpha value is -2.24. The summed E-state index contributed by atoms with van der Waals surface area (Å²) < 4.78 is 180. The van der Waals surface area contributed by atoms with Gasteiger partial charge in [0.2, 0.25) is 5.91 Å². The maximum absolute atomic E-state index is 14.9. The smallest absolute Gasteiger partial charge is 0.359 e. The fourth-order valence-electron chi connectivity index (χ4n) is 4.21. The molecule has 12 nitrogen and oxygen atoms in total. The van der Waals surface area contributed by atoms with Crippen LogP contribution in [0, 0.1) is 0 Å². The van der Waals surface area contributed by atoms with Crippen LogP contribution in [0.15, 0.2) is 30.3 Å². The molecule has 0 bridgehead atoms. The monoisotopic (exact) mass is 705 g/mol. The molecule has 1 aromatic rings. The molecule has 1 amide bonds. The summed E-state index contributed by atoms with van der Waals surface area (Å²) in [7, 11) is -5.25. The Labute approximate surface area is 257 Å². The summed E-state index contributed by atoms with van der Waals surface area (Å²) in [5.41, 5.74) is 0.444. The second-order valence-electron chi connectivity index (χ2n) is 9.74. The van der Waals surface area contributed by atoms with E-state index in [4.69, 9.17) is 28.4 Å². The standard InChI is InChI=1S/C25H31F8NO11S/c1-4-39-13-41-18-17-15(12-40-20(43-17)14-8-6-5-7-9-14)42-21(38-3)19(18)44-46(36,37)25(32,33)24(30,31)45-23(28,29)22(26,27)11-10-16(35)34-2/h5-9,15,17-21H,4,10-13H2,1-3H3,(H,34,35)/t15-,17-,18+,19+,20?,21-/m1/s1. The maximum atomic E-state index is 14.9. The summed E-state index contributed by atoms with van der Waals surface area (Å²) in [5.74, 6) is -6.86. The molecule has 1 unspecified atom stereocenters. The first-order valence-corrected chi connectivity index (χ1v) is 14.8. The highest BCUT2D eigenvalue weighted by molar-refractivity contribution is 7.87. The molecule has 21 heteroatoms. The molecule has 0 spiro atoms. The van der Waals surface area contributed by atoms with Crippen molar-refractivity contribution >= 4 is 16.0 Å². The van der Waals surface area contributed by atoms with Crippen LogP contribution in [0.5, 0.6) is 0 Å². The Morgan fingerprint density at radius 3 is 2.24 bits per heavy atom. The van der Waals surface area contributed by atoms with Crippen LogP contribution in [-0.2, 0) is 52.3 Å². The summed E-state index contributed by atoms with van der Waals surface area (Å²) in [4.78, 5) is 11.1. The minimum Gasteiger partial charge on any atom is -0.359 e. The topological polar surface area (TPSA) is 137 Å². The number of methoxy groups -OCH3 is 1. The Morgan fingerprint density at radius 1 is 1.00 bits per heavy atom. The second-order valence-corrected chi connectivity index (χ2v) is 11.4. The number of hydrogen-bond acceptors (Lipinski definition) is 11. The van der Waals surface area contributed by atoms with Gasteiger partial charge in [-0.3, -0.25) is 8.98 Å². The van der Waals surface area contributed by atoms with E-state index in [1.807, 2.05) is 0 Å². The molecular formula is C25H31F8NO11S. The zero-order valence-corrected chi connectivity index (χ0v) is 25.1. The van der Waals surface area contributed by atoms with E-state index in [1.165, 1.54) is 6.92 Å². The fraction of sp³-hybridized carbons (Fsp3) is 0.720. The first-order chi connectivity index (χ1) is 21.3. The molecule has 2 saturated heterocycles. The average Bonchev–Trinajstić information content (AvgIpc) is 2.99. The minimum absolute atomic E-state index is 0.0368. The summed E-state index contributed by atoms with van der Waals surface area (Å²) in [5, 5.41) is -4.93. The molecule has 0 saturated carbocycles. The van der Waals surface area contributed by atoms with Gasteiger partial charge in [0.1, 0.15) is 25.1 Å². The van der Waals surface area contributed by atoms with Crippen molar-refractivity contribution in [1.82, 2.24) is 5.32 Å². The third-order valence-corrected chi connectivity index (χ3v) is 7.99. The molecule has 264 valence electrons. The predicted molar refractivity (Wildman–Crippen MR) is 135 cm³/mol. The quantitative estimate of drug-likeness (QED) is 0.117. The number of ether oxygens (including phenoxy) is 7. The normalized spacial score (nSPS) is 26.4. The van der Waals surface area contributed by atoms with Crippen molar-refractivity contribution in [2.24, 2.45) is 0 Å². The fourth-order valence-corrected chi connectivity index (χ4v) is 5.15. The maximum Gasteiger partial charge on any atom is 0.460 e. The van der Waals surface area contributed by atoms with E-state index < -0.39 is 96.1 Å². The van der Waals surface area contributed by atoms with E-state index in [0.29, 0.717) is 5.56 Å². The zero-order chi connectivity index (χ0) is 34.6. The second kappa shape index (κ2) is 14.9. The number of carbonyl (C=O) groups is 1. The van der Waals surface area contributed by atoms with Crippen molar-refractivity contribution in [1.29, 1.82) is 0 Å². The van der Waals surface area contributed by atoms with E-state index in [0.717, 1.165) is 14.2 Å². The molecule has 6 atom stereocenters. The van der Waals surface area contributed by atoms with Gasteiger partial charge in [-0.05, 0) is 6.92 Å². The van der Waals surface area contributed by atoms with E-state index in [2.05, 4.69) is 8.92 Å². The molecule has 3 rings (SSSR count). The van der Waals surface area contributed by atoms with Gasteiger partial charge in [-0.15, -0.1) is 0 Å². The molecule has 1 N–H and O–H groups in total. The lowest BCUT2D eigenvalue weighted by Crippen LogP contribution is -2.65. The van der Waals surface area contributed by atoms with Gasteiger partial charge in [0.05, 0.1) is 6.61 Å². The van der Waals surface area contributed by atoms with Gasteiger partial charge < -0.3 is 33.7 Å². The molecule has 0 radical (unpaired) electrons. The highest BCUT2D eigenvalue weighted by Crippen LogP contribution is 2.49. The average molecular weight is 706 g/mol. The molecule has 0 aromatic heterocycles. The van der Waals surface area contributed by atoms with Crippen molar-refractivity contribution < 1.29 is 85.7 Å². The largest absolute Gasteiger partial charge is 0.460 e. The summed E-state index contributed by atoms with van der Waals surface area (Å²) >= 11 is 0. The number of alkyl halides is 8. The highest BCUT2D eigenvalue weighted by Gasteiger charge is 2.75. The van der Waals surface area contributed by atoms with Crippen molar-refractivity contribution in [2.75, 3.05) is 34.2 Å². The molecule has 46 heavy (non-hydrogen) atoms. The van der Waals surface area contributed by atoms with E-state index in [-0.39, 0.29) is 13.2 Å². The van der Waals surface area contributed by atoms with Crippen LogP contribution < -0.4 is 5.32 Å². The SMILES string of the molecule is CCOCO[C@@H]1[C@H](OS(=O)(=O)C(F)(F)C(F)(F)OC(F)(F)C(F)(F)CCC(=O)NC)[C@H](OC)O[C@@H]2COC(c3ccccc3)O[C@@H]12. The van der Waals surface area contributed by atoms with Gasteiger partial charge in [0.15, 0.2) is 18.7 Å². The van der Waals surface area contributed by atoms with E-state index in [9.17, 15) is 48.3 Å². The number of fused-ring (bicyclic) bond motifs is 1. The number of rotatable bonds is 16.